The van der Waals surface area contributed by atoms with Crippen molar-refractivity contribution in [2.75, 3.05) is 23.5 Å². The molecule has 6 rings (SSSR count). The predicted molar refractivity (Wildman–Crippen MR) is 147 cm³/mol. The summed E-state index contributed by atoms with van der Waals surface area (Å²) in [6, 6.07) is 25.6. The number of methoxy groups -OCH3 is 1. The summed E-state index contributed by atoms with van der Waals surface area (Å²) in [6.07, 6.45) is 0. The minimum Gasteiger partial charge on any atom is -0.494 e. The second kappa shape index (κ2) is 9.67. The third-order valence-electron chi connectivity index (χ3n) is 7.13. The first kappa shape index (κ1) is 24.8. The molecule has 0 bridgehead atoms. The lowest BCUT2D eigenvalue weighted by Gasteiger charge is -2.29. The summed E-state index contributed by atoms with van der Waals surface area (Å²) in [5.74, 6) is 0.982. The molecule has 2 heterocycles. The highest BCUT2D eigenvalue weighted by Crippen LogP contribution is 2.54. The number of ether oxygens (including phenoxy) is 3. The van der Waals surface area contributed by atoms with Crippen LogP contribution in [0, 0.1) is 0 Å². The topological polar surface area (TPSA) is 94.2 Å². The molecule has 1 N–H and O–H groups in total. The third kappa shape index (κ3) is 4.24. The summed E-state index contributed by atoms with van der Waals surface area (Å²) < 4.78 is 46.5. The van der Waals surface area contributed by atoms with Crippen LogP contribution in [0.15, 0.2) is 95.9 Å². The van der Waals surface area contributed by atoms with E-state index in [4.69, 9.17) is 14.2 Å². The minimum atomic E-state index is -3.98. The van der Waals surface area contributed by atoms with Gasteiger partial charge in [0.25, 0.3) is 15.9 Å². The molecule has 1 amide bonds. The number of fused-ring (bicyclic) bond motifs is 2. The second-order valence-corrected chi connectivity index (χ2v) is 11.2. The number of nitrogens with one attached hydrogen (secondary N) is 1. The average Bonchev–Trinajstić information content (AvgIpc) is 3.55. The van der Waals surface area contributed by atoms with Gasteiger partial charge in [0, 0.05) is 17.5 Å². The van der Waals surface area contributed by atoms with Crippen molar-refractivity contribution in [3.05, 3.63) is 108 Å². The van der Waals surface area contributed by atoms with Crippen molar-refractivity contribution in [3.63, 3.8) is 0 Å². The first-order valence-electron chi connectivity index (χ1n) is 12.5. The number of benzene rings is 4. The van der Waals surface area contributed by atoms with Crippen molar-refractivity contribution < 1.29 is 27.4 Å². The fourth-order valence-electron chi connectivity index (χ4n) is 5.22. The van der Waals surface area contributed by atoms with Crippen molar-refractivity contribution >= 4 is 27.3 Å². The van der Waals surface area contributed by atoms with E-state index in [0.717, 1.165) is 11.1 Å². The van der Waals surface area contributed by atoms with Gasteiger partial charge in [-0.1, -0.05) is 49.4 Å². The molecule has 4 aromatic rings. The van der Waals surface area contributed by atoms with Gasteiger partial charge in [0.15, 0.2) is 11.5 Å². The van der Waals surface area contributed by atoms with Crippen LogP contribution < -0.4 is 23.8 Å². The fourth-order valence-corrected chi connectivity index (χ4v) is 6.97. The van der Waals surface area contributed by atoms with Gasteiger partial charge in [-0.3, -0.25) is 9.10 Å². The largest absolute Gasteiger partial charge is 0.494 e. The molecule has 0 saturated heterocycles. The second-order valence-electron chi connectivity index (χ2n) is 9.39. The Morgan fingerprint density at radius 3 is 2.33 bits per heavy atom. The Kier molecular flexibility index (Phi) is 6.15. The van der Waals surface area contributed by atoms with Gasteiger partial charge >= 0.3 is 0 Å². The van der Waals surface area contributed by atoms with Gasteiger partial charge in [-0.2, -0.15) is 0 Å². The molecular formula is C30H26N2O6S. The summed E-state index contributed by atoms with van der Waals surface area (Å²) in [7, 11) is -2.49. The summed E-state index contributed by atoms with van der Waals surface area (Å²) >= 11 is 0. The lowest BCUT2D eigenvalue weighted by atomic mass is 9.91. The number of anilines is 2. The number of nitrogens with zero attached hydrogens (tertiary/aromatic N) is 1. The lowest BCUT2D eigenvalue weighted by molar-refractivity contribution is 0.102. The average molecular weight is 543 g/mol. The van der Waals surface area contributed by atoms with Gasteiger partial charge < -0.3 is 19.5 Å². The Morgan fingerprint density at radius 2 is 1.62 bits per heavy atom. The number of rotatable bonds is 6. The Labute approximate surface area is 226 Å². The number of hydrogen-bond donors (Lipinski definition) is 1. The Balaban J connectivity index is 1.49. The van der Waals surface area contributed by atoms with E-state index in [1.165, 1.54) is 11.4 Å². The summed E-state index contributed by atoms with van der Waals surface area (Å²) in [5.41, 5.74) is 2.97. The summed E-state index contributed by atoms with van der Waals surface area (Å²) in [4.78, 5) is 13.1. The SMILES string of the molecule is COc1cc2c(cc1NC(=O)c1ccccc1)[C@@H](C)[C@H](c1ccc3c(c1)OCO3)N2S(=O)(=O)c1ccccc1. The molecule has 0 spiro atoms. The van der Waals surface area contributed by atoms with E-state index in [2.05, 4.69) is 5.32 Å². The monoisotopic (exact) mass is 542 g/mol. The van der Waals surface area contributed by atoms with Crippen LogP contribution in [0.1, 0.15) is 40.4 Å². The van der Waals surface area contributed by atoms with E-state index >= 15 is 0 Å². The molecule has 0 radical (unpaired) electrons. The van der Waals surface area contributed by atoms with E-state index in [9.17, 15) is 13.2 Å². The maximum absolute atomic E-state index is 14.2. The van der Waals surface area contributed by atoms with Gasteiger partial charge in [-0.05, 0) is 53.6 Å². The molecule has 0 unspecified atom stereocenters. The zero-order chi connectivity index (χ0) is 27.1. The molecule has 2 aliphatic heterocycles. The molecule has 0 aliphatic carbocycles. The molecule has 8 nitrogen and oxygen atoms in total. The van der Waals surface area contributed by atoms with Crippen molar-refractivity contribution in [3.8, 4) is 17.2 Å². The number of amides is 1. The quantitative estimate of drug-likeness (QED) is 0.335. The first-order chi connectivity index (χ1) is 18.9. The first-order valence-corrected chi connectivity index (χ1v) is 13.9. The van der Waals surface area contributed by atoms with E-state index < -0.39 is 16.1 Å². The molecule has 39 heavy (non-hydrogen) atoms. The maximum atomic E-state index is 14.2. The summed E-state index contributed by atoms with van der Waals surface area (Å²) in [6.45, 7) is 2.09. The third-order valence-corrected chi connectivity index (χ3v) is 8.93. The van der Waals surface area contributed by atoms with Gasteiger partial charge in [0.05, 0.1) is 29.4 Å². The molecule has 198 valence electrons. The van der Waals surface area contributed by atoms with Crippen LogP contribution in [-0.4, -0.2) is 28.2 Å². The molecule has 2 aliphatic rings. The molecule has 9 heteroatoms. The number of carbonyl (C=O) groups is 1. The molecule has 0 saturated carbocycles. The molecule has 4 aromatic carbocycles. The number of sulfonamides is 1. The van der Waals surface area contributed by atoms with Crippen LogP contribution in [0.2, 0.25) is 0 Å². The molecule has 0 aromatic heterocycles. The Morgan fingerprint density at radius 1 is 0.923 bits per heavy atom. The van der Waals surface area contributed by atoms with E-state index in [0.29, 0.717) is 34.2 Å². The van der Waals surface area contributed by atoms with Crippen molar-refractivity contribution in [1.29, 1.82) is 0 Å². The summed E-state index contributed by atoms with van der Waals surface area (Å²) in [5, 5.41) is 2.93. The zero-order valence-corrected chi connectivity index (χ0v) is 22.1. The van der Waals surface area contributed by atoms with Crippen LogP contribution in [-0.2, 0) is 10.0 Å². The van der Waals surface area contributed by atoms with Crippen LogP contribution in [0.4, 0.5) is 11.4 Å². The Hall–Kier alpha value is -4.50. The van der Waals surface area contributed by atoms with E-state index in [-0.39, 0.29) is 23.5 Å². The van der Waals surface area contributed by atoms with E-state index in [1.807, 2.05) is 25.1 Å². The smallest absolute Gasteiger partial charge is 0.264 e. The van der Waals surface area contributed by atoms with Crippen LogP contribution >= 0.6 is 0 Å². The number of hydrogen-bond acceptors (Lipinski definition) is 6. The van der Waals surface area contributed by atoms with Crippen LogP contribution in [0.5, 0.6) is 17.2 Å². The Bertz CT molecular complexity index is 1660. The number of carbonyl (C=O) groups excluding carboxylic acids is 1. The van der Waals surface area contributed by atoms with Crippen LogP contribution in [0.25, 0.3) is 0 Å². The zero-order valence-electron chi connectivity index (χ0n) is 21.3. The van der Waals surface area contributed by atoms with Gasteiger partial charge in [0.2, 0.25) is 6.79 Å². The highest BCUT2D eigenvalue weighted by molar-refractivity contribution is 7.92. The predicted octanol–water partition coefficient (Wildman–Crippen LogP) is 5.73. The maximum Gasteiger partial charge on any atom is 0.264 e. The van der Waals surface area contributed by atoms with Gasteiger partial charge in [-0.25, -0.2) is 8.42 Å². The van der Waals surface area contributed by atoms with Crippen LogP contribution in [0.3, 0.4) is 0 Å². The van der Waals surface area contributed by atoms with Crippen molar-refractivity contribution in [2.45, 2.75) is 23.8 Å². The molecule has 0 fully saturated rings. The lowest BCUT2D eigenvalue weighted by Crippen LogP contribution is -2.33. The fraction of sp³-hybridized carbons (Fsp3) is 0.167. The minimum absolute atomic E-state index is 0.118. The highest BCUT2D eigenvalue weighted by atomic mass is 32.2. The molecule has 2 atom stereocenters. The van der Waals surface area contributed by atoms with Gasteiger partial charge in [-0.15, -0.1) is 0 Å². The van der Waals surface area contributed by atoms with E-state index in [1.54, 1.807) is 72.8 Å². The highest BCUT2D eigenvalue weighted by Gasteiger charge is 2.45. The molecular weight excluding hydrogens is 516 g/mol. The van der Waals surface area contributed by atoms with Gasteiger partial charge in [0.1, 0.15) is 5.75 Å². The van der Waals surface area contributed by atoms with Crippen molar-refractivity contribution in [1.82, 2.24) is 0 Å². The van der Waals surface area contributed by atoms with Crippen molar-refractivity contribution in [2.24, 2.45) is 0 Å². The standard InChI is InChI=1S/C30H26N2O6S/c1-19-23-16-24(31-30(33)20-9-5-3-6-10-20)27(36-2)17-25(23)32(39(34,35)22-11-7-4-8-12-22)29(19)21-13-14-26-28(15-21)38-18-37-26/h3-17,19,29H,18H2,1-2H3,(H,31,33)/t19-,29-/m1/s1. The normalized spacial score (nSPS) is 17.5.